The summed E-state index contributed by atoms with van der Waals surface area (Å²) in [5, 5.41) is 16.1. The number of hydrogen-bond acceptors (Lipinski definition) is 5. The normalized spacial score (nSPS) is 14.0. The van der Waals surface area contributed by atoms with Crippen LogP contribution >= 0.6 is 0 Å². The van der Waals surface area contributed by atoms with E-state index in [4.69, 9.17) is 15.8 Å². The first-order valence-corrected chi connectivity index (χ1v) is 8.71. The summed E-state index contributed by atoms with van der Waals surface area (Å²) >= 11 is 0. The Kier molecular flexibility index (Phi) is 7.77. The largest absolute Gasteiger partial charge is 1.00 e. The van der Waals surface area contributed by atoms with Gasteiger partial charge < -0.3 is 24.8 Å². The summed E-state index contributed by atoms with van der Waals surface area (Å²) in [6, 6.07) is 5.46. The molecule has 1 amide bonds. The van der Waals surface area contributed by atoms with Crippen molar-refractivity contribution in [2.45, 2.75) is 25.7 Å². The molecule has 1 saturated carbocycles. The number of methoxy groups -OCH3 is 1. The molecular formula is C21H19LiN4O3-2. The number of allylic oxidation sites excluding steroid dienone is 3. The Labute approximate surface area is 181 Å². The number of carbonyl (C=O) groups excluding carboxylic acids is 1. The maximum atomic E-state index is 12.5. The number of nitrogens with one attached hydrogen (secondary N) is 1. The second-order valence-electron chi connectivity index (χ2n) is 6.32. The van der Waals surface area contributed by atoms with Gasteiger partial charge in [-0.25, -0.2) is 0 Å². The average Bonchev–Trinajstić information content (AvgIpc) is 3.44. The van der Waals surface area contributed by atoms with Crippen LogP contribution in [0.3, 0.4) is 0 Å². The summed E-state index contributed by atoms with van der Waals surface area (Å²) in [5.41, 5.74) is 2.03. The maximum Gasteiger partial charge on any atom is 1.00 e. The van der Waals surface area contributed by atoms with E-state index in [0.717, 1.165) is 24.0 Å². The van der Waals surface area contributed by atoms with Crippen molar-refractivity contribution in [1.82, 2.24) is 10.1 Å². The van der Waals surface area contributed by atoms with Crippen LogP contribution in [-0.2, 0) is 9.53 Å². The SMILES string of the molecule is [CH-]=C/C(=C\[C-]=C(C=[N-])C(=O)Nc1cc(-c2noc(C3CC3)n2)ccc1C)OC.[Li+]. The van der Waals surface area contributed by atoms with Gasteiger partial charge in [-0.3, -0.25) is 12.8 Å². The van der Waals surface area contributed by atoms with Crippen LogP contribution in [0.25, 0.3) is 16.8 Å². The van der Waals surface area contributed by atoms with Crippen LogP contribution in [-0.4, -0.2) is 29.4 Å². The molecule has 1 aliphatic carbocycles. The summed E-state index contributed by atoms with van der Waals surface area (Å²) in [6.07, 6.45) is 8.01. The van der Waals surface area contributed by atoms with Crippen molar-refractivity contribution in [1.29, 1.82) is 0 Å². The van der Waals surface area contributed by atoms with Crippen molar-refractivity contribution >= 4 is 17.8 Å². The summed E-state index contributed by atoms with van der Waals surface area (Å²) in [7, 11) is 1.43. The van der Waals surface area contributed by atoms with Crippen molar-refractivity contribution in [2.75, 3.05) is 12.4 Å². The van der Waals surface area contributed by atoms with E-state index < -0.39 is 5.91 Å². The number of hydrogen-bond donors (Lipinski definition) is 1. The summed E-state index contributed by atoms with van der Waals surface area (Å²) in [6.45, 7) is 7.22. The molecule has 1 heterocycles. The summed E-state index contributed by atoms with van der Waals surface area (Å²) < 4.78 is 10.2. The number of ether oxygens (including phenoxy) is 1. The molecule has 7 nitrogen and oxygen atoms in total. The first-order chi connectivity index (χ1) is 13.5. The minimum absolute atomic E-state index is 0. The second kappa shape index (κ2) is 10.1. The zero-order valence-electron chi connectivity index (χ0n) is 16.6. The minimum Gasteiger partial charge on any atom is -0.862 e. The quantitative estimate of drug-likeness (QED) is 0.181. The molecule has 0 atom stereocenters. The molecule has 2 aromatic rings. The van der Waals surface area contributed by atoms with Crippen LogP contribution in [0.5, 0.6) is 0 Å². The summed E-state index contributed by atoms with van der Waals surface area (Å²) in [4.78, 5) is 16.9. The van der Waals surface area contributed by atoms with Gasteiger partial charge in [0.1, 0.15) is 0 Å². The third-order valence-corrected chi connectivity index (χ3v) is 4.26. The molecule has 1 fully saturated rings. The van der Waals surface area contributed by atoms with E-state index in [9.17, 15) is 10.2 Å². The predicted molar refractivity (Wildman–Crippen MR) is 105 cm³/mol. The fourth-order valence-electron chi connectivity index (χ4n) is 2.42. The fourth-order valence-corrected chi connectivity index (χ4v) is 2.42. The average molecular weight is 382 g/mol. The van der Waals surface area contributed by atoms with Gasteiger partial charge in [0.05, 0.1) is 7.11 Å². The number of aromatic nitrogens is 2. The third kappa shape index (κ3) is 5.56. The molecule has 3 rings (SSSR count). The van der Waals surface area contributed by atoms with Crippen molar-refractivity contribution < 1.29 is 32.9 Å². The molecule has 1 aromatic heterocycles. The van der Waals surface area contributed by atoms with E-state index in [1.807, 2.05) is 19.1 Å². The molecule has 0 radical (unpaired) electrons. The molecule has 1 N–H and O–H groups in total. The second-order valence-corrected chi connectivity index (χ2v) is 6.32. The Bertz CT molecular complexity index is 974. The van der Waals surface area contributed by atoms with Crippen LogP contribution in [0.1, 0.15) is 30.2 Å². The standard InChI is InChI=1S/C21H19N4O3.Li/c1-4-17(27-3)10-9-16(12-22)20(26)23-18-11-15(6-5-13(18)2)19-24-21(28-25-19)14-7-8-14;/h1,4-6,10-12,14H,7-8H2,2-3H3,(H,23,26);/q-3;+1/b17-10+;. The Morgan fingerprint density at radius 1 is 1.45 bits per heavy atom. The fraction of sp³-hybridized carbons (Fsp3) is 0.238. The molecule has 1 aromatic carbocycles. The predicted octanol–water partition coefficient (Wildman–Crippen LogP) is 0.754. The first kappa shape index (κ1) is 22.4. The molecule has 8 heteroatoms. The van der Waals surface area contributed by atoms with Gasteiger partial charge >= 0.3 is 18.9 Å². The maximum absolute atomic E-state index is 12.5. The zero-order valence-corrected chi connectivity index (χ0v) is 16.6. The van der Waals surface area contributed by atoms with E-state index in [-0.39, 0.29) is 24.4 Å². The van der Waals surface area contributed by atoms with E-state index in [0.29, 0.717) is 35.3 Å². The first-order valence-electron chi connectivity index (χ1n) is 8.71. The van der Waals surface area contributed by atoms with Crippen LogP contribution in [0, 0.1) is 19.6 Å². The van der Waals surface area contributed by atoms with Crippen LogP contribution < -0.4 is 24.2 Å². The number of aryl methyl sites for hydroxylation is 1. The van der Waals surface area contributed by atoms with Gasteiger partial charge in [-0.15, -0.1) is 17.7 Å². The van der Waals surface area contributed by atoms with Crippen molar-refractivity contribution in [3.63, 3.8) is 0 Å². The number of rotatable bonds is 8. The number of nitrogens with zero attached hydrogens (tertiary/aromatic N) is 3. The van der Waals surface area contributed by atoms with Crippen LogP contribution in [0.15, 0.2) is 46.2 Å². The topological polar surface area (TPSA) is 99.6 Å². The minimum atomic E-state index is -0.543. The number of carbonyl (C=O) groups is 1. The van der Waals surface area contributed by atoms with Crippen molar-refractivity contribution in [3.8, 4) is 11.4 Å². The molecule has 0 spiro atoms. The third-order valence-electron chi connectivity index (χ3n) is 4.26. The van der Waals surface area contributed by atoms with Gasteiger partial charge in [0.25, 0.3) is 0 Å². The Morgan fingerprint density at radius 3 is 2.83 bits per heavy atom. The molecule has 0 aliphatic heterocycles. The number of amides is 1. The zero-order chi connectivity index (χ0) is 20.1. The molecule has 0 saturated heterocycles. The Balaban J connectivity index is 0.00000300. The van der Waals surface area contributed by atoms with Crippen LogP contribution in [0.2, 0.25) is 0 Å². The van der Waals surface area contributed by atoms with Gasteiger partial charge in [0.2, 0.25) is 11.7 Å². The van der Waals surface area contributed by atoms with Gasteiger partial charge in [-0.05, 0) is 31.4 Å². The van der Waals surface area contributed by atoms with Crippen molar-refractivity contribution in [2.24, 2.45) is 0 Å². The molecule has 0 bridgehead atoms. The molecule has 144 valence electrons. The molecule has 29 heavy (non-hydrogen) atoms. The summed E-state index contributed by atoms with van der Waals surface area (Å²) in [5.74, 6) is 1.24. The number of benzene rings is 1. The van der Waals surface area contributed by atoms with E-state index >= 15 is 0 Å². The van der Waals surface area contributed by atoms with E-state index in [1.165, 1.54) is 19.3 Å². The van der Waals surface area contributed by atoms with Gasteiger partial charge in [-0.2, -0.15) is 11.1 Å². The van der Waals surface area contributed by atoms with E-state index in [2.05, 4.69) is 21.5 Å². The van der Waals surface area contributed by atoms with Gasteiger partial charge in [0, 0.05) is 22.9 Å². The van der Waals surface area contributed by atoms with Gasteiger partial charge in [-0.1, -0.05) is 17.3 Å². The Hall–Kier alpha value is -2.88. The monoisotopic (exact) mass is 382 g/mol. The molecular weight excluding hydrogens is 363 g/mol. The smallest absolute Gasteiger partial charge is 0.862 e. The van der Waals surface area contributed by atoms with Crippen LogP contribution in [0.4, 0.5) is 5.69 Å². The van der Waals surface area contributed by atoms with E-state index in [1.54, 1.807) is 6.07 Å². The molecule has 0 unspecified atom stereocenters. The van der Waals surface area contributed by atoms with Crippen molar-refractivity contribution in [3.05, 3.63) is 71.2 Å². The number of anilines is 1. The Morgan fingerprint density at radius 2 is 2.21 bits per heavy atom. The molecule has 1 aliphatic rings. The van der Waals surface area contributed by atoms with Gasteiger partial charge in [0.15, 0.2) is 5.91 Å².